The van der Waals surface area contributed by atoms with Crippen molar-refractivity contribution < 1.29 is 13.9 Å². The highest BCUT2D eigenvalue weighted by atomic mass is 31.1. The molecule has 0 spiro atoms. The highest BCUT2D eigenvalue weighted by Gasteiger charge is 2.14. The van der Waals surface area contributed by atoms with Gasteiger partial charge in [0.25, 0.3) is 5.91 Å². The molecule has 3 rings (SSSR count). The number of carbonyl (C=O) groups is 1. The van der Waals surface area contributed by atoms with Crippen LogP contribution in [0.5, 0.6) is 0 Å². The van der Waals surface area contributed by atoms with Crippen LogP contribution in [0.2, 0.25) is 0 Å². The van der Waals surface area contributed by atoms with E-state index in [0.717, 1.165) is 16.7 Å². The molecule has 0 radical (unpaired) electrons. The van der Waals surface area contributed by atoms with Crippen LogP contribution in [-0.2, 0) is 15.5 Å². The van der Waals surface area contributed by atoms with E-state index in [1.165, 1.54) is 7.11 Å². The van der Waals surface area contributed by atoms with E-state index in [9.17, 15) is 9.36 Å². The lowest BCUT2D eigenvalue weighted by Crippen LogP contribution is -2.13. The summed E-state index contributed by atoms with van der Waals surface area (Å²) in [5, 5.41) is 2.88. The van der Waals surface area contributed by atoms with Gasteiger partial charge in [0.1, 0.15) is 0 Å². The van der Waals surface area contributed by atoms with Gasteiger partial charge in [0, 0.05) is 12.0 Å². The number of anilines is 2. The van der Waals surface area contributed by atoms with Crippen molar-refractivity contribution in [3.8, 4) is 11.1 Å². The molecule has 0 bridgehead atoms. The number of rotatable bonds is 7. The molecule has 0 aliphatic carbocycles. The zero-order valence-corrected chi connectivity index (χ0v) is 16.5. The van der Waals surface area contributed by atoms with Crippen LogP contribution in [0.15, 0.2) is 72.8 Å². The van der Waals surface area contributed by atoms with Gasteiger partial charge >= 0.3 is 8.03 Å². The SMILES string of the molecule is CO[P+](=O)CCc1ccc(C(=O)Nc2cc(-c3ccccc3)ccc2N)cc1. The summed E-state index contributed by atoms with van der Waals surface area (Å²) in [5.74, 6) is -0.230. The predicted octanol–water partition coefficient (Wildman–Crippen LogP) is 5.12. The lowest BCUT2D eigenvalue weighted by Gasteiger charge is -2.11. The molecule has 0 aliphatic heterocycles. The first-order chi connectivity index (χ1) is 13.6. The molecular formula is C22H22N2O3P+. The number of benzene rings is 3. The molecule has 142 valence electrons. The average Bonchev–Trinajstić information content (AvgIpc) is 2.74. The maximum Gasteiger partial charge on any atom is 0.508 e. The second-order valence-electron chi connectivity index (χ2n) is 6.31. The van der Waals surface area contributed by atoms with Crippen molar-refractivity contribution >= 4 is 25.3 Å². The Balaban J connectivity index is 1.71. The fraction of sp³-hybridized carbons (Fsp3) is 0.136. The van der Waals surface area contributed by atoms with Gasteiger partial charge in [-0.3, -0.25) is 4.79 Å². The molecule has 28 heavy (non-hydrogen) atoms. The summed E-state index contributed by atoms with van der Waals surface area (Å²) >= 11 is 0. The molecule has 1 amide bonds. The lowest BCUT2D eigenvalue weighted by molar-refractivity contribution is 0.102. The normalized spacial score (nSPS) is 11.1. The standard InChI is InChI=1S/C22H21N2O3P/c1-27-28(26)14-13-16-7-9-18(10-8-16)22(25)24-21-15-19(11-12-20(21)23)17-5-3-2-4-6-17/h2-12,15H,13-14,23H2,1H3/p+1. The van der Waals surface area contributed by atoms with Gasteiger partial charge < -0.3 is 11.1 Å². The van der Waals surface area contributed by atoms with Gasteiger partial charge in [0.05, 0.1) is 18.5 Å². The number of nitrogen functional groups attached to an aromatic ring is 1. The van der Waals surface area contributed by atoms with Crippen molar-refractivity contribution in [2.75, 3.05) is 24.3 Å². The lowest BCUT2D eigenvalue weighted by atomic mass is 10.0. The quantitative estimate of drug-likeness (QED) is 0.431. The van der Waals surface area contributed by atoms with Gasteiger partial charge in [0.2, 0.25) is 0 Å². The molecule has 0 aromatic heterocycles. The van der Waals surface area contributed by atoms with E-state index >= 15 is 0 Å². The van der Waals surface area contributed by atoms with Gasteiger partial charge in [-0.05, 0) is 45.5 Å². The van der Waals surface area contributed by atoms with E-state index in [1.54, 1.807) is 18.2 Å². The summed E-state index contributed by atoms with van der Waals surface area (Å²) in [7, 11) is -0.190. The fourth-order valence-electron chi connectivity index (χ4n) is 2.80. The Morgan fingerprint density at radius 3 is 2.39 bits per heavy atom. The largest absolute Gasteiger partial charge is 0.508 e. The first kappa shape index (κ1) is 19.7. The van der Waals surface area contributed by atoms with Crippen molar-refractivity contribution in [3.05, 3.63) is 83.9 Å². The summed E-state index contributed by atoms with van der Waals surface area (Å²) < 4.78 is 16.2. The van der Waals surface area contributed by atoms with Gasteiger partial charge in [-0.2, -0.15) is 0 Å². The highest BCUT2D eigenvalue weighted by molar-refractivity contribution is 7.39. The summed E-state index contributed by atoms with van der Waals surface area (Å²) in [6.45, 7) is 0. The van der Waals surface area contributed by atoms with Crippen molar-refractivity contribution in [1.82, 2.24) is 0 Å². The smallest absolute Gasteiger partial charge is 0.397 e. The van der Waals surface area contributed by atoms with Crippen LogP contribution < -0.4 is 11.1 Å². The predicted molar refractivity (Wildman–Crippen MR) is 114 cm³/mol. The summed E-state index contributed by atoms with van der Waals surface area (Å²) in [6.07, 6.45) is 1.09. The first-order valence-electron chi connectivity index (χ1n) is 8.91. The molecular weight excluding hydrogens is 371 g/mol. The summed E-state index contributed by atoms with van der Waals surface area (Å²) in [5.41, 5.74) is 10.7. The molecule has 0 saturated heterocycles. The molecule has 0 saturated carbocycles. The Hall–Kier alpha value is -3.01. The third-order valence-corrected chi connectivity index (χ3v) is 5.41. The third-order valence-electron chi connectivity index (χ3n) is 4.41. The van der Waals surface area contributed by atoms with Gasteiger partial charge in [-0.25, -0.2) is 0 Å². The zero-order valence-electron chi connectivity index (χ0n) is 15.6. The van der Waals surface area contributed by atoms with Crippen LogP contribution in [-0.4, -0.2) is 19.2 Å². The van der Waals surface area contributed by atoms with E-state index in [0.29, 0.717) is 29.5 Å². The minimum Gasteiger partial charge on any atom is -0.397 e. The van der Waals surface area contributed by atoms with Gasteiger partial charge in [0.15, 0.2) is 6.16 Å². The molecule has 0 aliphatic rings. The Morgan fingerprint density at radius 2 is 1.71 bits per heavy atom. The van der Waals surface area contributed by atoms with Crippen LogP contribution in [0.25, 0.3) is 11.1 Å². The first-order valence-corrected chi connectivity index (χ1v) is 10.3. The fourth-order valence-corrected chi connectivity index (χ4v) is 3.43. The zero-order chi connectivity index (χ0) is 19.9. The Labute approximate surface area is 165 Å². The Morgan fingerprint density at radius 1 is 1.00 bits per heavy atom. The molecule has 0 fully saturated rings. The highest BCUT2D eigenvalue weighted by Crippen LogP contribution is 2.27. The molecule has 5 nitrogen and oxygen atoms in total. The van der Waals surface area contributed by atoms with E-state index in [-0.39, 0.29) is 5.91 Å². The molecule has 3 N–H and O–H groups in total. The molecule has 1 atom stereocenters. The average molecular weight is 393 g/mol. The van der Waals surface area contributed by atoms with Crippen molar-refractivity contribution in [1.29, 1.82) is 0 Å². The van der Waals surface area contributed by atoms with Crippen LogP contribution in [0.3, 0.4) is 0 Å². The Kier molecular flexibility index (Phi) is 6.53. The second kappa shape index (κ2) is 9.27. The van der Waals surface area contributed by atoms with Crippen LogP contribution >= 0.6 is 8.03 Å². The second-order valence-corrected chi connectivity index (χ2v) is 7.79. The molecule has 3 aromatic carbocycles. The third kappa shape index (κ3) is 5.03. The van der Waals surface area contributed by atoms with Crippen molar-refractivity contribution in [2.45, 2.75) is 6.42 Å². The number of hydrogen-bond acceptors (Lipinski definition) is 4. The van der Waals surface area contributed by atoms with E-state index in [4.69, 9.17) is 10.3 Å². The van der Waals surface area contributed by atoms with Gasteiger partial charge in [-0.1, -0.05) is 48.5 Å². The number of carbonyl (C=O) groups excluding carboxylic acids is 1. The maximum atomic E-state index is 12.6. The summed E-state index contributed by atoms with van der Waals surface area (Å²) in [4.78, 5) is 12.6. The number of nitrogens with one attached hydrogen (secondary N) is 1. The molecule has 1 unspecified atom stereocenters. The van der Waals surface area contributed by atoms with Gasteiger partial charge in [-0.15, -0.1) is 4.52 Å². The number of nitrogens with two attached hydrogens (primary N) is 1. The minimum atomic E-state index is -1.62. The van der Waals surface area contributed by atoms with E-state index in [1.807, 2.05) is 54.6 Å². The summed E-state index contributed by atoms with van der Waals surface area (Å²) in [6, 6.07) is 22.7. The molecule has 3 aromatic rings. The van der Waals surface area contributed by atoms with E-state index in [2.05, 4.69) is 5.32 Å². The molecule has 0 heterocycles. The monoisotopic (exact) mass is 393 g/mol. The molecule has 6 heteroatoms. The van der Waals surface area contributed by atoms with E-state index < -0.39 is 8.03 Å². The minimum absolute atomic E-state index is 0.230. The topological polar surface area (TPSA) is 81.4 Å². The van der Waals surface area contributed by atoms with Crippen molar-refractivity contribution in [3.63, 3.8) is 0 Å². The Bertz CT molecular complexity index is 973. The van der Waals surface area contributed by atoms with Crippen molar-refractivity contribution in [2.24, 2.45) is 0 Å². The number of aryl methyl sites for hydroxylation is 1. The maximum absolute atomic E-state index is 12.6. The van der Waals surface area contributed by atoms with Crippen LogP contribution in [0.4, 0.5) is 11.4 Å². The number of amides is 1. The number of hydrogen-bond donors (Lipinski definition) is 2. The van der Waals surface area contributed by atoms with Crippen LogP contribution in [0, 0.1) is 0 Å². The van der Waals surface area contributed by atoms with Crippen LogP contribution in [0.1, 0.15) is 15.9 Å².